The first-order valence-corrected chi connectivity index (χ1v) is 27.5. The highest BCUT2D eigenvalue weighted by Crippen LogP contribution is 2.42. The van der Waals surface area contributed by atoms with Crippen LogP contribution >= 0.6 is 0 Å². The van der Waals surface area contributed by atoms with Crippen LogP contribution in [-0.2, 0) is 63.7 Å². The summed E-state index contributed by atoms with van der Waals surface area (Å²) in [5.74, 6) is -0.827. The van der Waals surface area contributed by atoms with Crippen molar-refractivity contribution in [3.05, 3.63) is 83.4 Å². The quantitative estimate of drug-likeness (QED) is 0.0212. The molecule has 2 fully saturated rings. The van der Waals surface area contributed by atoms with Crippen LogP contribution in [-0.4, -0.2) is 152 Å². The van der Waals surface area contributed by atoms with E-state index >= 15 is 0 Å². The molecule has 21 nitrogen and oxygen atoms in total. The number of hydrogen-bond donors (Lipinski definition) is 1. The summed E-state index contributed by atoms with van der Waals surface area (Å²) >= 11 is 0. The molecule has 4 amide bonds. The number of carbonyl (C=O) groups is 6. The normalized spacial score (nSPS) is 18.0. The first-order chi connectivity index (χ1) is 38.9. The lowest BCUT2D eigenvalue weighted by molar-refractivity contribution is -0.198. The highest BCUT2D eigenvalue weighted by atomic mass is 16.7. The highest BCUT2D eigenvalue weighted by molar-refractivity contribution is 6.01. The van der Waals surface area contributed by atoms with Gasteiger partial charge in [-0.15, -0.1) is 5.06 Å². The van der Waals surface area contributed by atoms with Crippen molar-refractivity contribution in [2.24, 2.45) is 0 Å². The maximum absolute atomic E-state index is 14.6. The van der Waals surface area contributed by atoms with Gasteiger partial charge in [-0.1, -0.05) is 37.3 Å². The van der Waals surface area contributed by atoms with E-state index in [1.807, 2.05) is 31.2 Å². The maximum Gasteiger partial charge on any atom is 0.335 e. The Morgan fingerprint density at radius 1 is 0.713 bits per heavy atom. The number of esters is 1. The second kappa shape index (κ2) is 33.0. The Morgan fingerprint density at radius 2 is 1.43 bits per heavy atom. The molecule has 2 heterocycles. The van der Waals surface area contributed by atoms with Crippen LogP contribution in [0.25, 0.3) is 0 Å². The smallest absolute Gasteiger partial charge is 0.335 e. The predicted octanol–water partition coefficient (Wildman–Crippen LogP) is 7.30. The Hall–Kier alpha value is -6.94. The van der Waals surface area contributed by atoms with E-state index in [0.29, 0.717) is 82.9 Å². The van der Waals surface area contributed by atoms with Crippen LogP contribution in [0.3, 0.4) is 0 Å². The van der Waals surface area contributed by atoms with Crippen LogP contribution in [0.1, 0.15) is 119 Å². The number of hydroxylamine groups is 2. The molecule has 5 atom stereocenters. The number of amides is 4. The molecule has 438 valence electrons. The fourth-order valence-electron chi connectivity index (χ4n) is 9.69. The van der Waals surface area contributed by atoms with Gasteiger partial charge in [0.05, 0.1) is 93.6 Å². The molecule has 0 saturated carbocycles. The number of ether oxygens (including phenoxy) is 11. The van der Waals surface area contributed by atoms with Crippen LogP contribution < -0.4 is 33.7 Å². The van der Waals surface area contributed by atoms with Gasteiger partial charge in [0.25, 0.3) is 17.7 Å². The molecular formula is C59H79N3O18. The number of benzene rings is 3. The summed E-state index contributed by atoms with van der Waals surface area (Å²) in [7, 11) is 7.70. The number of piperidine rings is 1. The minimum atomic E-state index is -0.839. The van der Waals surface area contributed by atoms with Gasteiger partial charge in [-0.05, 0) is 124 Å². The third-order valence-corrected chi connectivity index (χ3v) is 13.9. The number of nitrogens with one attached hydrogen (secondary N) is 1. The number of aryl methyl sites for hydroxylation is 1. The molecule has 2 aliphatic heterocycles. The summed E-state index contributed by atoms with van der Waals surface area (Å²) in [4.78, 5) is 84.5. The Bertz CT molecular complexity index is 2500. The Kier molecular flexibility index (Phi) is 25.7. The molecule has 1 aliphatic carbocycles. The van der Waals surface area contributed by atoms with E-state index in [1.54, 1.807) is 49.5 Å². The van der Waals surface area contributed by atoms with Gasteiger partial charge >= 0.3 is 11.9 Å². The van der Waals surface area contributed by atoms with Gasteiger partial charge in [0.15, 0.2) is 35.9 Å². The van der Waals surface area contributed by atoms with E-state index in [4.69, 9.17) is 56.9 Å². The third kappa shape index (κ3) is 18.6. The van der Waals surface area contributed by atoms with Gasteiger partial charge in [0, 0.05) is 19.4 Å². The van der Waals surface area contributed by atoms with Crippen LogP contribution in [0.2, 0.25) is 0 Å². The molecule has 2 unspecified atom stereocenters. The molecule has 3 aromatic rings. The van der Waals surface area contributed by atoms with Crippen molar-refractivity contribution in [1.29, 1.82) is 0 Å². The summed E-state index contributed by atoms with van der Waals surface area (Å²) in [6.07, 6.45) is 10.1. The Labute approximate surface area is 468 Å². The minimum Gasteiger partial charge on any atom is -0.493 e. The SMILES string of the molecule is CC[C@H](C(=O)N1CCCC[C@H]1C(=O)O[C@H](CCc1ccc(OC)c(OC)c1)c1cccc(OCC(=O)NCC(OCCOCCOCCC(=O)ON2C(=O)CCC2=O)OC2CC/C=C/CCC2)c1)c1cc(OC)c(OC)c(OC)c1. The number of likely N-dealkylation sites (tertiary alicyclic amines) is 1. The van der Waals surface area contributed by atoms with E-state index in [1.165, 1.54) is 21.3 Å². The van der Waals surface area contributed by atoms with E-state index < -0.39 is 54.0 Å². The van der Waals surface area contributed by atoms with E-state index in [0.717, 1.165) is 50.5 Å². The molecule has 1 N–H and O–H groups in total. The molecular weight excluding hydrogens is 1040 g/mol. The molecule has 0 radical (unpaired) electrons. The fourth-order valence-corrected chi connectivity index (χ4v) is 9.69. The maximum atomic E-state index is 14.6. The topological polar surface area (TPSA) is 232 Å². The summed E-state index contributed by atoms with van der Waals surface area (Å²) < 4.78 is 63.9. The number of imide groups is 1. The van der Waals surface area contributed by atoms with Crippen molar-refractivity contribution in [2.45, 2.75) is 127 Å². The number of methoxy groups -OCH3 is 5. The van der Waals surface area contributed by atoms with Crippen molar-refractivity contribution >= 4 is 35.6 Å². The number of carbonyl (C=O) groups excluding carboxylic acids is 6. The molecule has 21 heteroatoms. The molecule has 6 rings (SSSR count). The van der Waals surface area contributed by atoms with Crippen LogP contribution in [0, 0.1) is 0 Å². The first kappa shape index (κ1) is 62.3. The number of hydrogen-bond acceptors (Lipinski definition) is 18. The summed E-state index contributed by atoms with van der Waals surface area (Å²) in [6, 6.07) is 15.4. The number of rotatable bonds is 32. The second-order valence-corrected chi connectivity index (χ2v) is 19.3. The minimum absolute atomic E-state index is 0.0130. The van der Waals surface area contributed by atoms with Crippen LogP contribution in [0.15, 0.2) is 66.7 Å². The fraction of sp³-hybridized carbons (Fsp3) is 0.559. The molecule has 2 saturated heterocycles. The number of nitrogens with zero attached hydrogens (tertiary/aromatic N) is 2. The van der Waals surface area contributed by atoms with Crippen molar-refractivity contribution in [3.63, 3.8) is 0 Å². The van der Waals surface area contributed by atoms with Gasteiger partial charge in [0.1, 0.15) is 17.9 Å². The van der Waals surface area contributed by atoms with E-state index in [2.05, 4.69) is 17.5 Å². The molecule has 3 aliphatic rings. The van der Waals surface area contributed by atoms with E-state index in [9.17, 15) is 28.8 Å². The van der Waals surface area contributed by atoms with Crippen molar-refractivity contribution in [1.82, 2.24) is 15.3 Å². The first-order valence-electron chi connectivity index (χ1n) is 27.5. The Morgan fingerprint density at radius 3 is 2.14 bits per heavy atom. The summed E-state index contributed by atoms with van der Waals surface area (Å²) in [5.41, 5.74) is 2.22. The van der Waals surface area contributed by atoms with Gasteiger partial charge in [-0.2, -0.15) is 0 Å². The van der Waals surface area contributed by atoms with Gasteiger partial charge in [-0.25, -0.2) is 9.59 Å². The van der Waals surface area contributed by atoms with Gasteiger partial charge in [-0.3, -0.25) is 19.2 Å². The zero-order valence-electron chi connectivity index (χ0n) is 47.0. The Balaban J connectivity index is 1.07. The molecule has 0 aromatic heterocycles. The van der Waals surface area contributed by atoms with Crippen molar-refractivity contribution < 1.29 is 85.7 Å². The molecule has 0 spiro atoms. The van der Waals surface area contributed by atoms with Crippen LogP contribution in [0.5, 0.6) is 34.5 Å². The average molecular weight is 1120 g/mol. The lowest BCUT2D eigenvalue weighted by Crippen LogP contribution is -2.50. The summed E-state index contributed by atoms with van der Waals surface area (Å²) in [5, 5.41) is 3.39. The standard InChI is InChI=1S/C59H79N3O18/c1-7-45(42-36-50(71-4)57(73-6)51(37-42)72-5)58(67)61-28-14-13-20-46(61)59(68)79-47(23-21-40-22-24-48(69-2)49(34-40)70-3)41-16-15-19-44(35-41)77-39-52(63)60-38-56(78-43-17-11-9-8-10-12-18-43)76-33-32-75-31-30-74-29-27-55(66)80-62-53(64)25-26-54(62)65/h8-9,15-16,19,22,24,34-37,43,45-47,56H,7,10-14,17-18,20-21,23,25-33,38-39H2,1-6H3,(H,60,63)/b9-8+/t43?,45-,46-,47+,56?/m0/s1. The van der Waals surface area contributed by atoms with Crippen molar-refractivity contribution in [3.8, 4) is 34.5 Å². The zero-order valence-corrected chi connectivity index (χ0v) is 47.0. The van der Waals surface area contributed by atoms with Gasteiger partial charge in [0.2, 0.25) is 11.7 Å². The highest BCUT2D eigenvalue weighted by Gasteiger charge is 2.38. The van der Waals surface area contributed by atoms with Crippen LogP contribution in [0.4, 0.5) is 0 Å². The lowest BCUT2D eigenvalue weighted by atomic mass is 9.91. The molecule has 0 bridgehead atoms. The van der Waals surface area contributed by atoms with E-state index in [-0.39, 0.29) is 77.5 Å². The largest absolute Gasteiger partial charge is 0.493 e. The third-order valence-electron chi connectivity index (χ3n) is 13.9. The zero-order chi connectivity index (χ0) is 57.2. The van der Waals surface area contributed by atoms with Gasteiger partial charge < -0.3 is 67.2 Å². The molecule has 80 heavy (non-hydrogen) atoms. The average Bonchev–Trinajstić information content (AvgIpc) is 3.80. The van der Waals surface area contributed by atoms with Crippen molar-refractivity contribution in [2.75, 3.05) is 88.3 Å². The lowest BCUT2D eigenvalue weighted by Gasteiger charge is -2.37. The summed E-state index contributed by atoms with van der Waals surface area (Å²) in [6.45, 7) is 2.76. The monoisotopic (exact) mass is 1120 g/mol. The molecule has 3 aromatic carbocycles. The number of allylic oxidation sites excluding steroid dienone is 2. The second-order valence-electron chi connectivity index (χ2n) is 19.3. The predicted molar refractivity (Wildman–Crippen MR) is 290 cm³/mol.